The van der Waals surface area contributed by atoms with Crippen molar-refractivity contribution in [3.63, 3.8) is 0 Å². The summed E-state index contributed by atoms with van der Waals surface area (Å²) in [6.07, 6.45) is 0.286. The monoisotopic (exact) mass is 523 g/mol. The molecular formula is C23H33N5O9. The molecule has 0 spiro atoms. The van der Waals surface area contributed by atoms with Crippen LogP contribution in [0, 0.1) is 4.91 Å². The van der Waals surface area contributed by atoms with Gasteiger partial charge in [-0.3, -0.25) is 38.8 Å². The van der Waals surface area contributed by atoms with Crippen molar-refractivity contribution in [3.8, 4) is 0 Å². The van der Waals surface area contributed by atoms with E-state index in [4.69, 9.17) is 0 Å². The van der Waals surface area contributed by atoms with Gasteiger partial charge >= 0.3 is 23.9 Å². The lowest BCUT2D eigenvalue weighted by molar-refractivity contribution is -0.143. The van der Waals surface area contributed by atoms with Crippen LogP contribution in [0.5, 0.6) is 0 Å². The topological polar surface area (TPSA) is 192 Å². The van der Waals surface area contributed by atoms with Gasteiger partial charge in [0.05, 0.1) is 26.2 Å². The summed E-state index contributed by atoms with van der Waals surface area (Å²) < 4.78 is 0. The first-order chi connectivity index (χ1) is 17.5. The van der Waals surface area contributed by atoms with E-state index in [2.05, 4.69) is 5.18 Å². The maximum Gasteiger partial charge on any atom is 0.317 e. The molecular weight excluding hydrogens is 490 g/mol. The highest BCUT2D eigenvalue weighted by atomic mass is 16.4. The first-order valence-electron chi connectivity index (χ1n) is 11.8. The molecule has 14 nitrogen and oxygen atoms in total. The standard InChI is InChI=1S/C23H33N5O9/c29-20(30)13-26-7-5-25(6-8-27(10-9-26)14-21(31)32)12-19(28(15-22(33)34)16-23(35)36)11-17-1-3-18(24-37)4-2-17/h1-4,19H,5-16H2,(H,29,30)(H,31,32)(H,33,34)(H,35,36). The summed E-state index contributed by atoms with van der Waals surface area (Å²) in [5, 5.41) is 40.2. The van der Waals surface area contributed by atoms with Gasteiger partial charge in [-0.2, -0.15) is 0 Å². The van der Waals surface area contributed by atoms with E-state index < -0.39 is 43.0 Å². The van der Waals surface area contributed by atoms with Crippen LogP contribution in [0.25, 0.3) is 0 Å². The van der Waals surface area contributed by atoms with E-state index in [1.807, 2.05) is 4.90 Å². The van der Waals surface area contributed by atoms with E-state index in [1.54, 1.807) is 21.9 Å². The van der Waals surface area contributed by atoms with Crippen molar-refractivity contribution in [1.82, 2.24) is 19.6 Å². The first-order valence-corrected chi connectivity index (χ1v) is 11.8. The van der Waals surface area contributed by atoms with Crippen molar-refractivity contribution >= 4 is 29.6 Å². The van der Waals surface area contributed by atoms with Crippen molar-refractivity contribution in [2.45, 2.75) is 12.5 Å². The maximum atomic E-state index is 11.5. The summed E-state index contributed by atoms with van der Waals surface area (Å²) in [5.41, 5.74) is 0.979. The minimum atomic E-state index is -1.18. The molecule has 0 aromatic heterocycles. The molecule has 2 rings (SSSR count). The van der Waals surface area contributed by atoms with Crippen LogP contribution >= 0.6 is 0 Å². The molecule has 1 atom stereocenters. The number of aliphatic carboxylic acids is 4. The van der Waals surface area contributed by atoms with Gasteiger partial charge in [-0.05, 0) is 29.3 Å². The van der Waals surface area contributed by atoms with Gasteiger partial charge in [0.15, 0.2) is 0 Å². The van der Waals surface area contributed by atoms with E-state index in [9.17, 15) is 44.5 Å². The molecule has 0 amide bonds. The molecule has 204 valence electrons. The Labute approximate surface area is 213 Å². The van der Waals surface area contributed by atoms with E-state index in [0.29, 0.717) is 39.3 Å². The van der Waals surface area contributed by atoms with Gasteiger partial charge in [-0.15, -0.1) is 4.91 Å². The van der Waals surface area contributed by atoms with Gasteiger partial charge in [-0.25, -0.2) is 0 Å². The molecule has 1 unspecified atom stereocenters. The van der Waals surface area contributed by atoms with E-state index >= 15 is 0 Å². The number of nitrogens with zero attached hydrogens (tertiary/aromatic N) is 5. The molecule has 1 saturated heterocycles. The second-order valence-corrected chi connectivity index (χ2v) is 8.95. The van der Waals surface area contributed by atoms with Crippen molar-refractivity contribution in [2.75, 3.05) is 72.0 Å². The van der Waals surface area contributed by atoms with Gasteiger partial charge in [0.1, 0.15) is 5.69 Å². The summed E-state index contributed by atoms with van der Waals surface area (Å²) in [6.45, 7) is 1.20. The number of rotatable bonds is 14. The smallest absolute Gasteiger partial charge is 0.317 e. The van der Waals surface area contributed by atoms with Gasteiger partial charge < -0.3 is 20.4 Å². The van der Waals surface area contributed by atoms with Crippen LogP contribution in [0.3, 0.4) is 0 Å². The molecule has 1 aromatic carbocycles. The summed E-state index contributed by atoms with van der Waals surface area (Å²) >= 11 is 0. The first kappa shape index (κ1) is 29.8. The molecule has 0 saturated carbocycles. The van der Waals surface area contributed by atoms with E-state index in [0.717, 1.165) is 5.56 Å². The van der Waals surface area contributed by atoms with Gasteiger partial charge in [0.2, 0.25) is 0 Å². The maximum absolute atomic E-state index is 11.5. The Balaban J connectivity index is 2.30. The lowest BCUT2D eigenvalue weighted by Gasteiger charge is -2.35. The van der Waals surface area contributed by atoms with Gasteiger partial charge in [-0.1, -0.05) is 12.1 Å². The zero-order valence-corrected chi connectivity index (χ0v) is 20.4. The second kappa shape index (κ2) is 14.9. The molecule has 14 heteroatoms. The lowest BCUT2D eigenvalue weighted by atomic mass is 10.0. The van der Waals surface area contributed by atoms with Gasteiger partial charge in [0.25, 0.3) is 0 Å². The van der Waals surface area contributed by atoms with Crippen LogP contribution in [0.1, 0.15) is 5.56 Å². The minimum Gasteiger partial charge on any atom is -0.480 e. The molecule has 37 heavy (non-hydrogen) atoms. The molecule has 0 radical (unpaired) electrons. The largest absolute Gasteiger partial charge is 0.480 e. The number of carboxylic acid groups (broad SMARTS) is 4. The molecule has 1 aromatic rings. The highest BCUT2D eigenvalue weighted by Crippen LogP contribution is 2.17. The van der Waals surface area contributed by atoms with Crippen LogP contribution in [-0.4, -0.2) is 142 Å². The summed E-state index contributed by atoms with van der Waals surface area (Å²) in [6, 6.07) is 5.83. The summed E-state index contributed by atoms with van der Waals surface area (Å²) in [5.74, 6) is -4.38. The van der Waals surface area contributed by atoms with Crippen LogP contribution in [0.2, 0.25) is 0 Å². The van der Waals surface area contributed by atoms with Crippen LogP contribution in [0.4, 0.5) is 5.69 Å². The number of carboxylic acids is 4. The van der Waals surface area contributed by atoms with Crippen molar-refractivity contribution in [1.29, 1.82) is 0 Å². The number of hydrogen-bond acceptors (Lipinski definition) is 10. The average Bonchev–Trinajstić information content (AvgIpc) is 2.89. The highest BCUT2D eigenvalue weighted by molar-refractivity contribution is 5.72. The Bertz CT molecular complexity index is 899. The number of hydrogen-bond donors (Lipinski definition) is 4. The molecule has 1 heterocycles. The van der Waals surface area contributed by atoms with Gasteiger partial charge in [0, 0.05) is 51.9 Å². The highest BCUT2D eigenvalue weighted by Gasteiger charge is 2.27. The van der Waals surface area contributed by atoms with Crippen molar-refractivity contribution in [3.05, 3.63) is 34.7 Å². The molecule has 1 fully saturated rings. The fourth-order valence-corrected chi connectivity index (χ4v) is 4.30. The Hall–Kier alpha value is -3.46. The molecule has 1 aliphatic heterocycles. The molecule has 4 N–H and O–H groups in total. The second-order valence-electron chi connectivity index (χ2n) is 8.95. The van der Waals surface area contributed by atoms with E-state index in [-0.39, 0.29) is 31.7 Å². The number of carbonyl (C=O) groups is 4. The van der Waals surface area contributed by atoms with Crippen molar-refractivity contribution < 1.29 is 39.6 Å². The third-order valence-corrected chi connectivity index (χ3v) is 6.09. The zero-order valence-electron chi connectivity index (χ0n) is 20.4. The van der Waals surface area contributed by atoms with E-state index in [1.165, 1.54) is 17.0 Å². The quantitative estimate of drug-likeness (QED) is 0.230. The third-order valence-electron chi connectivity index (χ3n) is 6.09. The minimum absolute atomic E-state index is 0.209. The number of nitroso groups, excluding NO2 is 1. The lowest BCUT2D eigenvalue weighted by Crippen LogP contribution is -2.51. The van der Waals surface area contributed by atoms with Crippen molar-refractivity contribution in [2.24, 2.45) is 5.18 Å². The zero-order chi connectivity index (χ0) is 27.4. The average molecular weight is 524 g/mol. The normalized spacial score (nSPS) is 16.9. The molecule has 0 bridgehead atoms. The van der Waals surface area contributed by atoms with Crippen LogP contribution in [-0.2, 0) is 25.6 Å². The Kier molecular flexibility index (Phi) is 12.0. The third kappa shape index (κ3) is 11.4. The van der Waals surface area contributed by atoms with Crippen LogP contribution in [0.15, 0.2) is 29.4 Å². The fraction of sp³-hybridized carbons (Fsp3) is 0.565. The summed E-state index contributed by atoms with van der Waals surface area (Å²) in [7, 11) is 0. The Morgan fingerprint density at radius 2 is 1.16 bits per heavy atom. The predicted molar refractivity (Wildman–Crippen MR) is 131 cm³/mol. The SMILES string of the molecule is O=Nc1ccc(CC(CN2CCN(CC(=O)O)CCN(CC(=O)O)CC2)N(CC(=O)O)CC(=O)O)cc1. The molecule has 1 aliphatic rings. The number of benzene rings is 1. The fourth-order valence-electron chi connectivity index (χ4n) is 4.30. The predicted octanol–water partition coefficient (Wildman–Crippen LogP) is -0.444. The Morgan fingerprint density at radius 1 is 0.730 bits per heavy atom. The summed E-state index contributed by atoms with van der Waals surface area (Å²) in [4.78, 5) is 63.2. The Morgan fingerprint density at radius 3 is 1.54 bits per heavy atom. The van der Waals surface area contributed by atoms with Crippen LogP contribution < -0.4 is 0 Å². The molecule has 0 aliphatic carbocycles.